The number of carbonyl (C=O) groups is 2. The van der Waals surface area contributed by atoms with Gasteiger partial charge in [0.15, 0.2) is 0 Å². The smallest absolute Gasteiger partial charge is 0.407 e. The largest absolute Gasteiger partial charge is 0.449 e. The van der Waals surface area contributed by atoms with E-state index in [0.717, 1.165) is 34.0 Å². The molecule has 0 unspecified atom stereocenters. The lowest BCUT2D eigenvalue weighted by Gasteiger charge is -2.14. The fourth-order valence-corrected chi connectivity index (χ4v) is 4.28. The van der Waals surface area contributed by atoms with Crippen molar-refractivity contribution in [2.45, 2.75) is 10.8 Å². The molecular weight excluding hydrogens is 416 g/mol. The number of fused-ring (bicyclic) bond motifs is 3. The Morgan fingerprint density at radius 1 is 0.935 bits per heavy atom. The SMILES string of the molecule is O=C(NCC(=O)Sc1ccc([N+](=O)[O-])cc1)OCC1c2ccccc2-c2ccccc21. The predicted molar refractivity (Wildman–Crippen MR) is 117 cm³/mol. The highest BCUT2D eigenvalue weighted by molar-refractivity contribution is 8.13. The standard InChI is InChI=1S/C23H18N2O5S/c26-22(31-16-11-9-15(10-12-16)25(28)29)13-24-23(27)30-14-21-19-7-3-1-5-17(19)18-6-2-4-8-20(18)21/h1-12,21H,13-14H2,(H,24,27). The molecule has 1 aliphatic rings. The van der Waals surface area contributed by atoms with Crippen LogP contribution in [0.15, 0.2) is 77.7 Å². The van der Waals surface area contributed by atoms with Crippen molar-refractivity contribution in [1.82, 2.24) is 5.32 Å². The minimum atomic E-state index is -0.667. The normalized spacial score (nSPS) is 12.0. The van der Waals surface area contributed by atoms with Crippen molar-refractivity contribution in [3.63, 3.8) is 0 Å². The predicted octanol–water partition coefficient (Wildman–Crippen LogP) is 4.75. The maximum Gasteiger partial charge on any atom is 0.407 e. The van der Waals surface area contributed by atoms with Gasteiger partial charge < -0.3 is 10.1 Å². The molecular formula is C23H18N2O5S. The van der Waals surface area contributed by atoms with Crippen LogP contribution in [0.25, 0.3) is 11.1 Å². The molecule has 1 N–H and O–H groups in total. The molecule has 31 heavy (non-hydrogen) atoms. The third-order valence-electron chi connectivity index (χ3n) is 5.00. The van der Waals surface area contributed by atoms with Crippen LogP contribution >= 0.6 is 11.8 Å². The third-order valence-corrected chi connectivity index (χ3v) is 5.88. The Morgan fingerprint density at radius 2 is 1.52 bits per heavy atom. The van der Waals surface area contributed by atoms with Crippen LogP contribution in [0.4, 0.5) is 10.5 Å². The zero-order valence-corrected chi connectivity index (χ0v) is 17.1. The van der Waals surface area contributed by atoms with E-state index in [-0.39, 0.29) is 29.9 Å². The molecule has 0 aliphatic heterocycles. The van der Waals surface area contributed by atoms with Crippen molar-refractivity contribution in [3.8, 4) is 11.1 Å². The van der Waals surface area contributed by atoms with Gasteiger partial charge in [-0.2, -0.15) is 0 Å². The second-order valence-electron chi connectivity index (χ2n) is 6.90. The fourth-order valence-electron chi connectivity index (χ4n) is 3.60. The van der Waals surface area contributed by atoms with Gasteiger partial charge >= 0.3 is 6.09 Å². The van der Waals surface area contributed by atoms with E-state index in [9.17, 15) is 19.7 Å². The number of carbonyl (C=O) groups excluding carboxylic acids is 2. The van der Waals surface area contributed by atoms with E-state index in [1.165, 1.54) is 24.3 Å². The first-order valence-electron chi connectivity index (χ1n) is 9.57. The molecule has 4 rings (SSSR count). The van der Waals surface area contributed by atoms with Crippen LogP contribution in [0, 0.1) is 10.1 Å². The average molecular weight is 434 g/mol. The molecule has 0 fully saturated rings. The monoisotopic (exact) mass is 434 g/mol. The number of hydrogen-bond donors (Lipinski definition) is 1. The maximum atomic E-state index is 12.1. The molecule has 1 amide bonds. The number of nitro groups is 1. The molecule has 0 aromatic heterocycles. The van der Waals surface area contributed by atoms with Gasteiger partial charge in [0.25, 0.3) is 5.69 Å². The maximum absolute atomic E-state index is 12.1. The fraction of sp³-hybridized carbons (Fsp3) is 0.130. The molecule has 3 aromatic rings. The van der Waals surface area contributed by atoms with Crippen molar-refractivity contribution < 1.29 is 19.2 Å². The molecule has 0 saturated carbocycles. The summed E-state index contributed by atoms with van der Waals surface area (Å²) in [6, 6.07) is 21.7. The van der Waals surface area contributed by atoms with Gasteiger partial charge in [-0.25, -0.2) is 4.79 Å². The summed E-state index contributed by atoms with van der Waals surface area (Å²) in [6.07, 6.45) is -0.667. The molecule has 1 aliphatic carbocycles. The van der Waals surface area contributed by atoms with Crippen LogP contribution in [0.2, 0.25) is 0 Å². The number of alkyl carbamates (subject to hydrolysis) is 1. The van der Waals surface area contributed by atoms with E-state index in [1.807, 2.05) is 36.4 Å². The number of nitrogens with zero attached hydrogens (tertiary/aromatic N) is 1. The highest BCUT2D eigenvalue weighted by Gasteiger charge is 2.29. The summed E-state index contributed by atoms with van der Waals surface area (Å²) in [5.74, 6) is -0.0525. The third kappa shape index (κ3) is 4.59. The Hall–Kier alpha value is -3.65. The van der Waals surface area contributed by atoms with Crippen LogP contribution in [0.1, 0.15) is 17.0 Å². The Morgan fingerprint density at radius 3 is 2.10 bits per heavy atom. The van der Waals surface area contributed by atoms with E-state index >= 15 is 0 Å². The van der Waals surface area contributed by atoms with Gasteiger partial charge in [0, 0.05) is 22.9 Å². The van der Waals surface area contributed by atoms with Gasteiger partial charge in [0.2, 0.25) is 5.12 Å². The topological polar surface area (TPSA) is 98.5 Å². The van der Waals surface area contributed by atoms with Gasteiger partial charge in [-0.05, 0) is 34.4 Å². The quantitative estimate of drug-likeness (QED) is 0.341. The van der Waals surface area contributed by atoms with Crippen molar-refractivity contribution in [1.29, 1.82) is 0 Å². The Balaban J connectivity index is 1.30. The first-order chi connectivity index (χ1) is 15.0. The van der Waals surface area contributed by atoms with Gasteiger partial charge in [-0.15, -0.1) is 0 Å². The summed E-state index contributed by atoms with van der Waals surface area (Å²) in [6.45, 7) is -0.0398. The summed E-state index contributed by atoms with van der Waals surface area (Å²) in [4.78, 5) is 34.9. The van der Waals surface area contributed by atoms with E-state index in [1.54, 1.807) is 0 Å². The Labute approximate surface area is 182 Å². The Kier molecular flexibility index (Phi) is 5.99. The molecule has 0 spiro atoms. The van der Waals surface area contributed by atoms with E-state index in [2.05, 4.69) is 17.4 Å². The average Bonchev–Trinajstić information content (AvgIpc) is 3.10. The highest BCUT2D eigenvalue weighted by atomic mass is 32.2. The molecule has 0 bridgehead atoms. The van der Waals surface area contributed by atoms with Crippen molar-refractivity contribution in [3.05, 3.63) is 94.0 Å². The zero-order chi connectivity index (χ0) is 21.8. The van der Waals surface area contributed by atoms with Crippen molar-refractivity contribution >= 4 is 28.7 Å². The molecule has 0 saturated heterocycles. The van der Waals surface area contributed by atoms with Crippen LogP contribution in [-0.2, 0) is 9.53 Å². The van der Waals surface area contributed by atoms with Gasteiger partial charge in [0.05, 0.1) is 11.5 Å². The molecule has 7 nitrogen and oxygen atoms in total. The Bertz CT molecular complexity index is 1100. The lowest BCUT2D eigenvalue weighted by molar-refractivity contribution is -0.384. The van der Waals surface area contributed by atoms with Crippen LogP contribution < -0.4 is 5.32 Å². The second kappa shape index (κ2) is 9.01. The van der Waals surface area contributed by atoms with Crippen LogP contribution in [-0.4, -0.2) is 29.3 Å². The number of ether oxygens (including phenoxy) is 1. The number of amides is 1. The molecule has 8 heteroatoms. The summed E-state index contributed by atoms with van der Waals surface area (Å²) in [7, 11) is 0. The summed E-state index contributed by atoms with van der Waals surface area (Å²) < 4.78 is 5.40. The van der Waals surface area contributed by atoms with Crippen LogP contribution in [0.3, 0.4) is 0 Å². The van der Waals surface area contributed by atoms with Crippen molar-refractivity contribution in [2.24, 2.45) is 0 Å². The lowest BCUT2D eigenvalue weighted by atomic mass is 9.98. The number of nitrogens with one attached hydrogen (secondary N) is 1. The minimum Gasteiger partial charge on any atom is -0.449 e. The van der Waals surface area contributed by atoms with E-state index < -0.39 is 11.0 Å². The number of benzene rings is 3. The second-order valence-corrected chi connectivity index (χ2v) is 8.04. The number of rotatable bonds is 6. The lowest BCUT2D eigenvalue weighted by Crippen LogP contribution is -2.30. The van der Waals surface area contributed by atoms with Crippen LogP contribution in [0.5, 0.6) is 0 Å². The molecule has 0 radical (unpaired) electrons. The first kappa shape index (κ1) is 20.6. The highest BCUT2D eigenvalue weighted by Crippen LogP contribution is 2.44. The summed E-state index contributed by atoms with van der Waals surface area (Å²) in [5.41, 5.74) is 4.46. The first-order valence-corrected chi connectivity index (χ1v) is 10.4. The van der Waals surface area contributed by atoms with Crippen molar-refractivity contribution in [2.75, 3.05) is 13.2 Å². The van der Waals surface area contributed by atoms with Gasteiger partial charge in [-0.1, -0.05) is 60.3 Å². The number of non-ortho nitro benzene ring substituents is 1. The molecule has 156 valence electrons. The summed E-state index contributed by atoms with van der Waals surface area (Å²) >= 11 is 0.899. The van der Waals surface area contributed by atoms with Gasteiger partial charge in [0.1, 0.15) is 6.61 Å². The zero-order valence-electron chi connectivity index (χ0n) is 16.3. The molecule has 0 heterocycles. The molecule has 3 aromatic carbocycles. The van der Waals surface area contributed by atoms with E-state index in [4.69, 9.17) is 4.74 Å². The number of hydrogen-bond acceptors (Lipinski definition) is 6. The number of nitro benzene ring substituents is 1. The van der Waals surface area contributed by atoms with Gasteiger partial charge in [-0.3, -0.25) is 14.9 Å². The minimum absolute atomic E-state index is 0.0476. The summed E-state index contributed by atoms with van der Waals surface area (Å²) in [5, 5.41) is 12.8. The number of thioether (sulfide) groups is 1. The van der Waals surface area contributed by atoms with E-state index in [0.29, 0.717) is 4.90 Å². The molecule has 0 atom stereocenters.